The first-order valence-corrected chi connectivity index (χ1v) is 8.80. The Balaban J connectivity index is 1.83. The molecule has 0 saturated heterocycles. The van der Waals surface area contributed by atoms with Gasteiger partial charge in [0.1, 0.15) is 0 Å². The van der Waals surface area contributed by atoms with E-state index in [4.69, 9.17) is 11.6 Å². The van der Waals surface area contributed by atoms with E-state index in [1.807, 2.05) is 54.8 Å². The van der Waals surface area contributed by atoms with E-state index in [0.29, 0.717) is 16.7 Å². The Morgan fingerprint density at radius 2 is 1.96 bits per heavy atom. The SMILES string of the molecule is CCN(C(C)=O)c1nc(C=Cc2ccc3ccc(Cl)cc3n2)cs1. The summed E-state index contributed by atoms with van der Waals surface area (Å²) in [6, 6.07) is 9.62. The number of thiazole rings is 1. The lowest BCUT2D eigenvalue weighted by atomic mass is 10.2. The van der Waals surface area contributed by atoms with Crippen LogP contribution in [0.5, 0.6) is 0 Å². The fraction of sp³-hybridized carbons (Fsp3) is 0.167. The second kappa shape index (κ2) is 7.11. The summed E-state index contributed by atoms with van der Waals surface area (Å²) in [5, 5.41) is 4.36. The van der Waals surface area contributed by atoms with Gasteiger partial charge in [-0.15, -0.1) is 11.3 Å². The molecule has 6 heteroatoms. The summed E-state index contributed by atoms with van der Waals surface area (Å²) in [6.07, 6.45) is 3.80. The van der Waals surface area contributed by atoms with Crippen LogP contribution in [-0.4, -0.2) is 22.4 Å². The van der Waals surface area contributed by atoms with Crippen LogP contribution < -0.4 is 4.90 Å². The zero-order valence-electron chi connectivity index (χ0n) is 13.4. The molecule has 3 aromatic rings. The van der Waals surface area contributed by atoms with Crippen LogP contribution in [0, 0.1) is 0 Å². The molecule has 2 heterocycles. The largest absolute Gasteiger partial charge is 0.289 e. The van der Waals surface area contributed by atoms with Crippen LogP contribution in [0.25, 0.3) is 23.1 Å². The van der Waals surface area contributed by atoms with Crippen molar-refractivity contribution in [3.05, 3.63) is 52.1 Å². The van der Waals surface area contributed by atoms with Gasteiger partial charge in [-0.2, -0.15) is 0 Å². The van der Waals surface area contributed by atoms with Crippen molar-refractivity contribution in [3.63, 3.8) is 0 Å². The number of pyridine rings is 1. The van der Waals surface area contributed by atoms with E-state index < -0.39 is 0 Å². The highest BCUT2D eigenvalue weighted by molar-refractivity contribution is 7.14. The predicted octanol–water partition coefficient (Wildman–Crippen LogP) is 4.89. The standard InChI is InChI=1S/C18H16ClN3OS/c1-3-22(12(2)23)18-21-16(11-24-18)9-8-15-7-5-13-4-6-14(19)10-17(13)20-15/h4-11H,3H2,1-2H3. The van der Waals surface area contributed by atoms with Gasteiger partial charge in [0.05, 0.1) is 16.9 Å². The Hall–Kier alpha value is -2.24. The third kappa shape index (κ3) is 3.63. The monoisotopic (exact) mass is 357 g/mol. The highest BCUT2D eigenvalue weighted by Gasteiger charge is 2.12. The smallest absolute Gasteiger partial charge is 0.225 e. The van der Waals surface area contributed by atoms with Crippen LogP contribution in [0.3, 0.4) is 0 Å². The van der Waals surface area contributed by atoms with E-state index in [2.05, 4.69) is 9.97 Å². The first-order chi connectivity index (χ1) is 11.6. The molecule has 3 rings (SSSR count). The summed E-state index contributed by atoms with van der Waals surface area (Å²) in [5.74, 6) is -0.00421. The van der Waals surface area contributed by atoms with Crippen molar-refractivity contribution < 1.29 is 4.79 Å². The molecule has 0 aliphatic heterocycles. The lowest BCUT2D eigenvalue weighted by Crippen LogP contribution is -2.27. The first-order valence-electron chi connectivity index (χ1n) is 7.55. The van der Waals surface area contributed by atoms with Gasteiger partial charge in [-0.25, -0.2) is 9.97 Å². The fourth-order valence-corrected chi connectivity index (χ4v) is 3.41. The van der Waals surface area contributed by atoms with Gasteiger partial charge in [0.15, 0.2) is 5.13 Å². The lowest BCUT2D eigenvalue weighted by molar-refractivity contribution is -0.116. The van der Waals surface area contributed by atoms with Gasteiger partial charge >= 0.3 is 0 Å². The number of nitrogens with zero attached hydrogens (tertiary/aromatic N) is 3. The van der Waals surface area contributed by atoms with Crippen LogP contribution >= 0.6 is 22.9 Å². The van der Waals surface area contributed by atoms with Crippen molar-refractivity contribution in [2.24, 2.45) is 0 Å². The molecular weight excluding hydrogens is 342 g/mol. The minimum atomic E-state index is -0.00421. The molecule has 4 nitrogen and oxygen atoms in total. The third-order valence-corrected chi connectivity index (χ3v) is 4.65. The van der Waals surface area contributed by atoms with E-state index in [0.717, 1.165) is 22.3 Å². The average molecular weight is 358 g/mol. The van der Waals surface area contributed by atoms with Gasteiger partial charge in [-0.3, -0.25) is 9.69 Å². The maximum atomic E-state index is 11.6. The molecule has 0 radical (unpaired) electrons. The number of hydrogen-bond acceptors (Lipinski definition) is 4. The van der Waals surface area contributed by atoms with E-state index >= 15 is 0 Å². The molecule has 0 aliphatic carbocycles. The normalized spacial score (nSPS) is 11.3. The molecule has 0 atom stereocenters. The Labute approximate surface area is 149 Å². The summed E-state index contributed by atoms with van der Waals surface area (Å²) in [7, 11) is 0. The molecule has 1 aromatic carbocycles. The number of amides is 1. The first kappa shape index (κ1) is 16.6. The molecule has 0 unspecified atom stereocenters. The molecule has 1 amide bonds. The number of fused-ring (bicyclic) bond motifs is 1. The van der Waals surface area contributed by atoms with E-state index in [1.165, 1.54) is 11.3 Å². The van der Waals surface area contributed by atoms with Crippen molar-refractivity contribution in [1.82, 2.24) is 9.97 Å². The number of hydrogen-bond donors (Lipinski definition) is 0. The molecule has 24 heavy (non-hydrogen) atoms. The molecule has 0 bridgehead atoms. The topological polar surface area (TPSA) is 46.1 Å². The fourth-order valence-electron chi connectivity index (χ4n) is 2.34. The quantitative estimate of drug-likeness (QED) is 0.668. The number of aromatic nitrogens is 2. The van der Waals surface area contributed by atoms with Crippen LogP contribution in [0.2, 0.25) is 5.02 Å². The van der Waals surface area contributed by atoms with Crippen molar-refractivity contribution in [1.29, 1.82) is 0 Å². The van der Waals surface area contributed by atoms with Crippen LogP contribution in [0.15, 0.2) is 35.7 Å². The minimum absolute atomic E-state index is 0.00421. The van der Waals surface area contributed by atoms with E-state index in [-0.39, 0.29) is 5.91 Å². The molecular formula is C18H16ClN3OS. The summed E-state index contributed by atoms with van der Waals surface area (Å²) in [5.41, 5.74) is 2.50. The molecule has 2 aromatic heterocycles. The second-order valence-electron chi connectivity index (χ2n) is 5.22. The zero-order valence-corrected chi connectivity index (χ0v) is 14.9. The zero-order chi connectivity index (χ0) is 17.1. The van der Waals surface area contributed by atoms with E-state index in [1.54, 1.807) is 11.8 Å². The predicted molar refractivity (Wildman–Crippen MR) is 101 cm³/mol. The highest BCUT2D eigenvalue weighted by Crippen LogP contribution is 2.22. The third-order valence-electron chi connectivity index (χ3n) is 3.54. The van der Waals surface area contributed by atoms with E-state index in [9.17, 15) is 4.79 Å². The Bertz CT molecular complexity index is 920. The summed E-state index contributed by atoms with van der Waals surface area (Å²) in [6.45, 7) is 4.09. The van der Waals surface area contributed by atoms with Crippen molar-refractivity contribution in [2.75, 3.05) is 11.4 Å². The highest BCUT2D eigenvalue weighted by atomic mass is 35.5. The maximum absolute atomic E-state index is 11.6. The Morgan fingerprint density at radius 1 is 1.21 bits per heavy atom. The summed E-state index contributed by atoms with van der Waals surface area (Å²) >= 11 is 7.47. The number of rotatable bonds is 4. The van der Waals surface area contributed by atoms with Crippen molar-refractivity contribution >= 4 is 57.0 Å². The number of carbonyl (C=O) groups is 1. The van der Waals surface area contributed by atoms with Gasteiger partial charge in [-0.1, -0.05) is 23.7 Å². The molecule has 0 spiro atoms. The summed E-state index contributed by atoms with van der Waals surface area (Å²) in [4.78, 5) is 22.3. The summed E-state index contributed by atoms with van der Waals surface area (Å²) < 4.78 is 0. The molecule has 0 N–H and O–H groups in total. The number of carbonyl (C=O) groups excluding carboxylic acids is 1. The number of anilines is 1. The number of halogens is 1. The van der Waals surface area contributed by atoms with Crippen LogP contribution in [-0.2, 0) is 4.79 Å². The van der Waals surface area contributed by atoms with Gasteiger partial charge in [0.25, 0.3) is 0 Å². The van der Waals surface area contributed by atoms with Gasteiger partial charge in [-0.05, 0) is 37.3 Å². The van der Waals surface area contributed by atoms with Gasteiger partial charge in [0.2, 0.25) is 5.91 Å². The van der Waals surface area contributed by atoms with Crippen LogP contribution in [0.1, 0.15) is 25.2 Å². The molecule has 0 saturated carbocycles. The van der Waals surface area contributed by atoms with Gasteiger partial charge < -0.3 is 0 Å². The molecule has 122 valence electrons. The molecule has 0 fully saturated rings. The maximum Gasteiger partial charge on any atom is 0.225 e. The Morgan fingerprint density at radius 3 is 2.71 bits per heavy atom. The lowest BCUT2D eigenvalue weighted by Gasteiger charge is -2.14. The number of benzene rings is 1. The van der Waals surface area contributed by atoms with Gasteiger partial charge in [0, 0.05) is 29.3 Å². The van der Waals surface area contributed by atoms with Crippen molar-refractivity contribution in [2.45, 2.75) is 13.8 Å². The van der Waals surface area contributed by atoms with Crippen LogP contribution in [0.4, 0.5) is 5.13 Å². The average Bonchev–Trinajstić information content (AvgIpc) is 3.01. The molecule has 0 aliphatic rings. The minimum Gasteiger partial charge on any atom is -0.289 e. The van der Waals surface area contributed by atoms with Crippen molar-refractivity contribution in [3.8, 4) is 0 Å². The second-order valence-corrected chi connectivity index (χ2v) is 6.50. The Kier molecular flexibility index (Phi) is 4.92.